The van der Waals surface area contributed by atoms with E-state index in [9.17, 15) is 24.3 Å². The van der Waals surface area contributed by atoms with Crippen molar-refractivity contribution in [2.24, 2.45) is 11.3 Å². The molecule has 0 radical (unpaired) electrons. The molecule has 2 N–H and O–H groups in total. The van der Waals surface area contributed by atoms with Gasteiger partial charge >= 0.3 is 5.97 Å². The molecule has 2 aliphatic rings. The average molecular weight is 436 g/mol. The summed E-state index contributed by atoms with van der Waals surface area (Å²) in [4.78, 5) is 52.9. The maximum Gasteiger partial charge on any atom is 0.337 e. The summed E-state index contributed by atoms with van der Waals surface area (Å²) >= 11 is 0. The van der Waals surface area contributed by atoms with Gasteiger partial charge in [-0.1, -0.05) is 19.1 Å². The number of hydrogen-bond donors (Lipinski definition) is 2. The summed E-state index contributed by atoms with van der Waals surface area (Å²) in [6.45, 7) is 4.79. The molecule has 4 rings (SSSR count). The van der Waals surface area contributed by atoms with Crippen LogP contribution in [-0.2, 0) is 20.8 Å². The molecule has 0 bridgehead atoms. The van der Waals surface area contributed by atoms with Crippen molar-refractivity contribution in [3.8, 4) is 5.75 Å². The van der Waals surface area contributed by atoms with Gasteiger partial charge in [0.05, 0.1) is 35.7 Å². The Hall–Kier alpha value is -3.68. The van der Waals surface area contributed by atoms with Gasteiger partial charge < -0.3 is 15.2 Å². The number of carboxylic acid groups (broad SMARTS) is 1. The molecule has 32 heavy (non-hydrogen) atoms. The van der Waals surface area contributed by atoms with E-state index in [1.54, 1.807) is 38.1 Å². The number of carbonyl (C=O) groups excluding carboxylic acids is 3. The monoisotopic (exact) mass is 436 g/mol. The summed E-state index contributed by atoms with van der Waals surface area (Å²) in [5, 5.41) is 12.8. The van der Waals surface area contributed by atoms with E-state index >= 15 is 0 Å². The van der Waals surface area contributed by atoms with Crippen LogP contribution in [0.3, 0.4) is 0 Å². The molecule has 2 unspecified atom stereocenters. The quantitative estimate of drug-likeness (QED) is 0.661. The van der Waals surface area contributed by atoms with Gasteiger partial charge in [0.2, 0.25) is 5.91 Å². The molecule has 0 spiro atoms. The van der Waals surface area contributed by atoms with Crippen LogP contribution in [0, 0.1) is 11.3 Å². The van der Waals surface area contributed by atoms with Crippen LogP contribution in [0.1, 0.15) is 43.1 Å². The third kappa shape index (κ3) is 2.90. The number of aromatic carboxylic acids is 1. The fourth-order valence-corrected chi connectivity index (χ4v) is 4.62. The summed E-state index contributed by atoms with van der Waals surface area (Å²) in [6, 6.07) is 8.14. The lowest BCUT2D eigenvalue weighted by molar-refractivity contribution is -0.144. The van der Waals surface area contributed by atoms with Gasteiger partial charge in [-0.2, -0.15) is 0 Å². The van der Waals surface area contributed by atoms with Crippen molar-refractivity contribution in [2.45, 2.75) is 33.6 Å². The van der Waals surface area contributed by atoms with E-state index in [-0.39, 0.29) is 29.9 Å². The molecule has 8 nitrogen and oxygen atoms in total. The SMILES string of the molecule is CCC(=O)C(C)C(=O)C1(C)Cc2ccc(OC)c3c2N(C1=O)c1cccc(C(=O)O)c1N3. The Kier molecular flexibility index (Phi) is 5.03. The van der Waals surface area contributed by atoms with E-state index in [2.05, 4.69) is 5.32 Å². The second-order valence-electron chi connectivity index (χ2n) is 8.34. The highest BCUT2D eigenvalue weighted by atomic mass is 16.5. The van der Waals surface area contributed by atoms with Crippen molar-refractivity contribution < 1.29 is 29.0 Å². The fourth-order valence-electron chi connectivity index (χ4n) is 4.62. The summed E-state index contributed by atoms with van der Waals surface area (Å²) in [5.41, 5.74) is 0.816. The summed E-state index contributed by atoms with van der Waals surface area (Å²) in [7, 11) is 1.49. The number of amides is 1. The standard InChI is InChI=1S/C24H24N2O6/c1-5-16(27)12(2)21(28)24(3)11-13-9-10-17(32-4)19-20(13)26(23(24)31)15-8-6-7-14(22(29)30)18(15)25-19/h6-10,12,25H,5,11H2,1-4H3,(H,29,30). The minimum Gasteiger partial charge on any atom is -0.494 e. The highest BCUT2D eigenvalue weighted by molar-refractivity contribution is 6.24. The molecule has 0 aliphatic carbocycles. The third-order valence-corrected chi connectivity index (χ3v) is 6.42. The number of anilines is 4. The van der Waals surface area contributed by atoms with Crippen molar-refractivity contribution in [1.29, 1.82) is 0 Å². The molecule has 8 heteroatoms. The molecule has 2 atom stereocenters. The zero-order valence-corrected chi connectivity index (χ0v) is 18.3. The largest absolute Gasteiger partial charge is 0.494 e. The van der Waals surface area contributed by atoms with E-state index in [1.165, 1.54) is 25.0 Å². The number of methoxy groups -OCH3 is 1. The number of carbonyl (C=O) groups is 4. The van der Waals surface area contributed by atoms with Crippen LogP contribution in [-0.4, -0.2) is 35.7 Å². The van der Waals surface area contributed by atoms with Crippen molar-refractivity contribution >= 4 is 46.2 Å². The summed E-state index contributed by atoms with van der Waals surface area (Å²) < 4.78 is 5.46. The number of carboxylic acids is 1. The third-order valence-electron chi connectivity index (χ3n) is 6.42. The lowest BCUT2D eigenvalue weighted by atomic mass is 9.70. The number of benzene rings is 2. The lowest BCUT2D eigenvalue weighted by Crippen LogP contribution is -2.53. The van der Waals surface area contributed by atoms with Crippen LogP contribution in [0.5, 0.6) is 5.75 Å². The van der Waals surface area contributed by atoms with Crippen LogP contribution < -0.4 is 15.0 Å². The molecule has 2 aliphatic heterocycles. The topological polar surface area (TPSA) is 113 Å². The first-order valence-corrected chi connectivity index (χ1v) is 10.4. The van der Waals surface area contributed by atoms with Crippen molar-refractivity contribution in [3.05, 3.63) is 41.5 Å². The number of para-hydroxylation sites is 1. The van der Waals surface area contributed by atoms with Gasteiger partial charge in [0.25, 0.3) is 0 Å². The number of hydrogen-bond acceptors (Lipinski definition) is 6. The molecule has 1 amide bonds. The van der Waals surface area contributed by atoms with Gasteiger partial charge in [0.1, 0.15) is 22.6 Å². The number of nitrogens with one attached hydrogen (secondary N) is 1. The van der Waals surface area contributed by atoms with Crippen LogP contribution in [0.15, 0.2) is 30.3 Å². The van der Waals surface area contributed by atoms with E-state index in [4.69, 9.17) is 4.74 Å². The van der Waals surface area contributed by atoms with Gasteiger partial charge in [-0.25, -0.2) is 4.79 Å². The lowest BCUT2D eigenvalue weighted by Gasteiger charge is -2.44. The second kappa shape index (κ2) is 7.47. The zero-order chi connectivity index (χ0) is 23.4. The Balaban J connectivity index is 1.97. The molecule has 0 aromatic heterocycles. The van der Waals surface area contributed by atoms with Crippen LogP contribution >= 0.6 is 0 Å². The van der Waals surface area contributed by atoms with Crippen LogP contribution in [0.25, 0.3) is 0 Å². The second-order valence-corrected chi connectivity index (χ2v) is 8.34. The molecule has 2 aromatic rings. The smallest absolute Gasteiger partial charge is 0.337 e. The van der Waals surface area contributed by atoms with Crippen molar-refractivity contribution in [1.82, 2.24) is 0 Å². The number of ether oxygens (including phenoxy) is 1. The van der Waals surface area contributed by atoms with Crippen molar-refractivity contribution in [2.75, 3.05) is 17.3 Å². The van der Waals surface area contributed by atoms with Gasteiger partial charge in [-0.3, -0.25) is 19.3 Å². The molecule has 0 saturated carbocycles. The molecule has 2 aromatic carbocycles. The van der Waals surface area contributed by atoms with Crippen molar-refractivity contribution in [3.63, 3.8) is 0 Å². The Morgan fingerprint density at radius 2 is 1.94 bits per heavy atom. The molecule has 2 heterocycles. The Bertz CT molecular complexity index is 1190. The maximum absolute atomic E-state index is 13.9. The molecular weight excluding hydrogens is 412 g/mol. The minimum atomic E-state index is -1.48. The fraction of sp³-hybridized carbons (Fsp3) is 0.333. The van der Waals surface area contributed by atoms with E-state index in [0.717, 1.165) is 5.56 Å². The number of nitrogens with zero attached hydrogens (tertiary/aromatic N) is 1. The molecule has 0 fully saturated rings. The highest BCUT2D eigenvalue weighted by Gasteiger charge is 2.52. The van der Waals surface area contributed by atoms with Gasteiger partial charge in [0.15, 0.2) is 5.78 Å². The van der Waals surface area contributed by atoms with E-state index in [1.807, 2.05) is 0 Å². The first-order valence-electron chi connectivity index (χ1n) is 10.4. The van der Waals surface area contributed by atoms with E-state index in [0.29, 0.717) is 22.8 Å². The Morgan fingerprint density at radius 3 is 2.56 bits per heavy atom. The summed E-state index contributed by atoms with van der Waals surface area (Å²) in [5.74, 6) is -2.78. The molecule has 0 saturated heterocycles. The number of ketones is 2. The maximum atomic E-state index is 13.9. The Morgan fingerprint density at radius 1 is 1.22 bits per heavy atom. The highest BCUT2D eigenvalue weighted by Crippen LogP contribution is 2.55. The Labute approximate surface area is 185 Å². The summed E-state index contributed by atoms with van der Waals surface area (Å²) in [6.07, 6.45) is 0.331. The van der Waals surface area contributed by atoms with Gasteiger partial charge in [-0.05, 0) is 44.0 Å². The van der Waals surface area contributed by atoms with Crippen LogP contribution in [0.2, 0.25) is 0 Å². The first-order chi connectivity index (χ1) is 15.2. The molecule has 166 valence electrons. The first kappa shape index (κ1) is 21.5. The number of Topliss-reactive ketones (excluding diaryl/α,β-unsaturated/α-hetero) is 2. The normalized spacial score (nSPS) is 19.4. The van der Waals surface area contributed by atoms with Gasteiger partial charge in [-0.15, -0.1) is 0 Å². The molecular formula is C24H24N2O6. The average Bonchev–Trinajstić information content (AvgIpc) is 2.79. The predicted octanol–water partition coefficient (Wildman–Crippen LogP) is 3.86. The predicted molar refractivity (Wildman–Crippen MR) is 118 cm³/mol. The number of fused-ring (bicyclic) bond motifs is 2. The van der Waals surface area contributed by atoms with Gasteiger partial charge in [0, 0.05) is 6.42 Å². The zero-order valence-electron chi connectivity index (χ0n) is 18.3. The van der Waals surface area contributed by atoms with E-state index < -0.39 is 29.0 Å². The number of rotatable bonds is 6. The minimum absolute atomic E-state index is 0.0125. The van der Waals surface area contributed by atoms with Crippen LogP contribution in [0.4, 0.5) is 22.7 Å².